The standard InChI is InChI=1S/C21H19N5O3S/c1-27-15-5-3-4-14(10-15)18-11-26-17(12-28-18)19(23-25-26)21-22-20(24-29-21)13-6-8-16(30-2)9-7-13/h3-10,18H,11-12H2,1-2H3/t18-/m0/s1. The van der Waals surface area contributed by atoms with Crippen molar-refractivity contribution in [3.05, 3.63) is 59.8 Å². The molecule has 0 amide bonds. The van der Waals surface area contributed by atoms with E-state index in [1.807, 2.05) is 59.5 Å². The number of thioether (sulfide) groups is 1. The van der Waals surface area contributed by atoms with Gasteiger partial charge >= 0.3 is 0 Å². The van der Waals surface area contributed by atoms with Crippen molar-refractivity contribution in [3.63, 3.8) is 0 Å². The van der Waals surface area contributed by atoms with E-state index in [0.29, 0.717) is 30.6 Å². The van der Waals surface area contributed by atoms with Crippen molar-refractivity contribution in [2.75, 3.05) is 13.4 Å². The fourth-order valence-corrected chi connectivity index (χ4v) is 3.81. The second-order valence-electron chi connectivity index (χ2n) is 6.79. The van der Waals surface area contributed by atoms with Gasteiger partial charge in [0, 0.05) is 10.5 Å². The molecule has 30 heavy (non-hydrogen) atoms. The number of benzene rings is 2. The lowest BCUT2D eigenvalue weighted by Crippen LogP contribution is -2.22. The van der Waals surface area contributed by atoms with Crippen LogP contribution in [0.25, 0.3) is 23.0 Å². The maximum atomic E-state index is 6.08. The normalized spacial score (nSPS) is 15.7. The molecule has 2 aromatic carbocycles. The fourth-order valence-electron chi connectivity index (χ4n) is 3.40. The van der Waals surface area contributed by atoms with Crippen LogP contribution in [0.1, 0.15) is 17.4 Å². The predicted molar refractivity (Wildman–Crippen MR) is 111 cm³/mol. The van der Waals surface area contributed by atoms with Crippen molar-refractivity contribution < 1.29 is 14.0 Å². The smallest absolute Gasteiger partial charge is 0.280 e. The van der Waals surface area contributed by atoms with Crippen LogP contribution >= 0.6 is 11.8 Å². The van der Waals surface area contributed by atoms with E-state index in [1.54, 1.807) is 18.9 Å². The molecule has 1 atom stereocenters. The molecule has 0 N–H and O–H groups in total. The largest absolute Gasteiger partial charge is 0.497 e. The van der Waals surface area contributed by atoms with Crippen LogP contribution in [-0.4, -0.2) is 38.5 Å². The lowest BCUT2D eigenvalue weighted by atomic mass is 10.1. The van der Waals surface area contributed by atoms with Crippen LogP contribution in [0.4, 0.5) is 0 Å². The summed E-state index contributed by atoms with van der Waals surface area (Å²) in [5, 5.41) is 12.7. The Morgan fingerprint density at radius 2 is 2.03 bits per heavy atom. The molecule has 8 nitrogen and oxygen atoms in total. The Morgan fingerprint density at radius 3 is 2.83 bits per heavy atom. The highest BCUT2D eigenvalue weighted by Crippen LogP contribution is 2.32. The molecule has 3 heterocycles. The van der Waals surface area contributed by atoms with Gasteiger partial charge in [0.2, 0.25) is 5.82 Å². The van der Waals surface area contributed by atoms with Gasteiger partial charge < -0.3 is 14.0 Å². The minimum atomic E-state index is -0.129. The molecule has 1 aliphatic rings. The summed E-state index contributed by atoms with van der Waals surface area (Å²) in [5.41, 5.74) is 3.30. The van der Waals surface area contributed by atoms with Crippen molar-refractivity contribution >= 4 is 11.8 Å². The minimum Gasteiger partial charge on any atom is -0.497 e. The lowest BCUT2D eigenvalue weighted by Gasteiger charge is -2.24. The van der Waals surface area contributed by atoms with Gasteiger partial charge in [-0.3, -0.25) is 0 Å². The quantitative estimate of drug-likeness (QED) is 0.447. The van der Waals surface area contributed by atoms with Gasteiger partial charge in [-0.25, -0.2) is 4.68 Å². The summed E-state index contributed by atoms with van der Waals surface area (Å²) in [4.78, 5) is 5.69. The second-order valence-corrected chi connectivity index (χ2v) is 7.67. The Morgan fingerprint density at radius 1 is 1.17 bits per heavy atom. The number of hydrogen-bond donors (Lipinski definition) is 0. The van der Waals surface area contributed by atoms with Gasteiger partial charge in [-0.1, -0.05) is 22.5 Å². The monoisotopic (exact) mass is 421 g/mol. The number of aromatic nitrogens is 5. The Hall–Kier alpha value is -3.17. The number of rotatable bonds is 5. The third-order valence-electron chi connectivity index (χ3n) is 5.04. The first-order valence-electron chi connectivity index (χ1n) is 9.41. The first-order chi connectivity index (χ1) is 14.7. The van der Waals surface area contributed by atoms with E-state index in [2.05, 4.69) is 20.5 Å². The third kappa shape index (κ3) is 3.46. The van der Waals surface area contributed by atoms with Crippen LogP contribution < -0.4 is 4.74 Å². The molecular formula is C21H19N5O3S. The predicted octanol–water partition coefficient (Wildman–Crippen LogP) is 4.00. The van der Waals surface area contributed by atoms with Gasteiger partial charge in [-0.2, -0.15) is 4.98 Å². The average molecular weight is 421 g/mol. The van der Waals surface area contributed by atoms with Crippen molar-refractivity contribution in [2.45, 2.75) is 24.2 Å². The lowest BCUT2D eigenvalue weighted by molar-refractivity contribution is -0.00127. The summed E-state index contributed by atoms with van der Waals surface area (Å²) in [6, 6.07) is 15.9. The summed E-state index contributed by atoms with van der Waals surface area (Å²) in [5.74, 6) is 1.65. The fraction of sp³-hybridized carbons (Fsp3) is 0.238. The van der Waals surface area contributed by atoms with Gasteiger partial charge in [0.1, 0.15) is 11.9 Å². The molecule has 4 aromatic rings. The van der Waals surface area contributed by atoms with E-state index in [4.69, 9.17) is 14.0 Å². The molecule has 0 saturated carbocycles. The molecular weight excluding hydrogens is 402 g/mol. The zero-order chi connectivity index (χ0) is 20.5. The van der Waals surface area contributed by atoms with Crippen molar-refractivity contribution in [1.82, 2.24) is 25.1 Å². The number of methoxy groups -OCH3 is 1. The maximum Gasteiger partial charge on any atom is 0.280 e. The summed E-state index contributed by atoms with van der Waals surface area (Å²) in [7, 11) is 1.65. The first kappa shape index (κ1) is 18.8. The van der Waals surface area contributed by atoms with Gasteiger partial charge in [0.15, 0.2) is 5.69 Å². The summed E-state index contributed by atoms with van der Waals surface area (Å²) >= 11 is 1.69. The van der Waals surface area contributed by atoms with Gasteiger partial charge in [0.25, 0.3) is 5.89 Å². The SMILES string of the molecule is COc1cccc([C@@H]2Cn3nnc(-c4nc(-c5ccc(SC)cc5)no4)c3CO2)c1. The van der Waals surface area contributed by atoms with E-state index < -0.39 is 0 Å². The van der Waals surface area contributed by atoms with E-state index in [1.165, 1.54) is 4.90 Å². The van der Waals surface area contributed by atoms with Crippen LogP contribution in [0, 0.1) is 0 Å². The Bertz CT molecular complexity index is 1170. The highest BCUT2D eigenvalue weighted by atomic mass is 32.2. The van der Waals surface area contributed by atoms with Gasteiger partial charge in [-0.05, 0) is 48.2 Å². The zero-order valence-electron chi connectivity index (χ0n) is 16.5. The number of fused-ring (bicyclic) bond motifs is 1. The van der Waals surface area contributed by atoms with Crippen LogP contribution in [0.2, 0.25) is 0 Å². The Balaban J connectivity index is 1.38. The molecule has 0 bridgehead atoms. The maximum absolute atomic E-state index is 6.08. The second kappa shape index (κ2) is 7.92. The molecule has 0 saturated heterocycles. The molecule has 0 unspecified atom stereocenters. The highest BCUT2D eigenvalue weighted by molar-refractivity contribution is 7.98. The average Bonchev–Trinajstić information content (AvgIpc) is 3.46. The Labute approximate surface area is 177 Å². The van der Waals surface area contributed by atoms with Gasteiger partial charge in [-0.15, -0.1) is 16.9 Å². The molecule has 0 aliphatic carbocycles. The van der Waals surface area contributed by atoms with Crippen molar-refractivity contribution in [1.29, 1.82) is 0 Å². The minimum absolute atomic E-state index is 0.129. The molecule has 152 valence electrons. The summed E-state index contributed by atoms with van der Waals surface area (Å²) < 4.78 is 18.7. The van der Waals surface area contributed by atoms with Crippen molar-refractivity contribution in [2.24, 2.45) is 0 Å². The highest BCUT2D eigenvalue weighted by Gasteiger charge is 2.28. The summed E-state index contributed by atoms with van der Waals surface area (Å²) in [6.07, 6.45) is 1.91. The number of hydrogen-bond acceptors (Lipinski definition) is 8. The van der Waals surface area contributed by atoms with Gasteiger partial charge in [0.05, 0.1) is 26.0 Å². The molecule has 1 aliphatic heterocycles. The van der Waals surface area contributed by atoms with Crippen LogP contribution in [0.3, 0.4) is 0 Å². The van der Waals surface area contributed by atoms with E-state index in [-0.39, 0.29) is 6.10 Å². The van der Waals surface area contributed by atoms with Crippen LogP contribution in [-0.2, 0) is 17.9 Å². The van der Waals surface area contributed by atoms with Crippen LogP contribution in [0.15, 0.2) is 57.9 Å². The molecule has 9 heteroatoms. The first-order valence-corrected chi connectivity index (χ1v) is 10.6. The number of nitrogens with zero attached hydrogens (tertiary/aromatic N) is 5. The van der Waals surface area contributed by atoms with Crippen LogP contribution in [0.5, 0.6) is 5.75 Å². The third-order valence-corrected chi connectivity index (χ3v) is 5.78. The van der Waals surface area contributed by atoms with E-state index in [0.717, 1.165) is 22.6 Å². The molecule has 5 rings (SSSR count). The Kier molecular flexibility index (Phi) is 4.97. The molecule has 0 radical (unpaired) electrons. The topological polar surface area (TPSA) is 88.1 Å². The van der Waals surface area contributed by atoms with E-state index >= 15 is 0 Å². The molecule has 0 fully saturated rings. The number of ether oxygens (including phenoxy) is 2. The molecule has 2 aromatic heterocycles. The van der Waals surface area contributed by atoms with Crippen molar-refractivity contribution in [3.8, 4) is 28.7 Å². The molecule has 0 spiro atoms. The summed E-state index contributed by atoms with van der Waals surface area (Å²) in [6.45, 7) is 0.900. The zero-order valence-corrected chi connectivity index (χ0v) is 17.3. The van der Waals surface area contributed by atoms with E-state index in [9.17, 15) is 0 Å².